The van der Waals surface area contributed by atoms with E-state index in [0.717, 1.165) is 22.4 Å². The van der Waals surface area contributed by atoms with Crippen molar-refractivity contribution >= 4 is 38.9 Å². The lowest BCUT2D eigenvalue weighted by Gasteiger charge is -2.06. The molecule has 0 aliphatic rings. The Morgan fingerprint density at radius 2 is 1.93 bits per heavy atom. The van der Waals surface area contributed by atoms with Crippen molar-refractivity contribution < 1.29 is 4.92 Å². The minimum absolute atomic E-state index is 0.136. The second kappa shape index (κ2) is 7.50. The van der Waals surface area contributed by atoms with Crippen molar-refractivity contribution in [1.82, 2.24) is 14.8 Å². The third kappa shape index (κ3) is 3.45. The van der Waals surface area contributed by atoms with E-state index in [1.807, 2.05) is 18.2 Å². The van der Waals surface area contributed by atoms with Crippen molar-refractivity contribution in [2.75, 3.05) is 0 Å². The van der Waals surface area contributed by atoms with Gasteiger partial charge in [-0.25, -0.2) is 0 Å². The molecule has 0 fully saturated rings. The van der Waals surface area contributed by atoms with Crippen molar-refractivity contribution in [3.63, 3.8) is 0 Å². The molecule has 8 heteroatoms. The van der Waals surface area contributed by atoms with Gasteiger partial charge in [-0.05, 0) is 24.4 Å². The lowest BCUT2D eigenvalue weighted by atomic mass is 10.2. The number of hydrogen-bond donors (Lipinski definition) is 0. The molecule has 0 N–H and O–H groups in total. The number of nitro benzene ring substituents is 1. The van der Waals surface area contributed by atoms with Crippen molar-refractivity contribution in [2.45, 2.75) is 24.4 Å². The van der Waals surface area contributed by atoms with Crippen LogP contribution in [-0.4, -0.2) is 19.7 Å². The fourth-order valence-electron chi connectivity index (χ4n) is 2.91. The number of aromatic nitrogens is 3. The lowest BCUT2D eigenvalue weighted by Crippen LogP contribution is -1.99. The van der Waals surface area contributed by atoms with E-state index in [4.69, 9.17) is 0 Å². The van der Waals surface area contributed by atoms with Gasteiger partial charge in [0.2, 0.25) is 0 Å². The molecule has 0 radical (unpaired) electrons. The van der Waals surface area contributed by atoms with Crippen molar-refractivity contribution in [3.8, 4) is 10.7 Å². The molecule has 6 nitrogen and oxygen atoms in total. The highest BCUT2D eigenvalue weighted by atomic mass is 32.2. The van der Waals surface area contributed by atoms with Crippen LogP contribution >= 0.6 is 23.1 Å². The van der Waals surface area contributed by atoms with Gasteiger partial charge in [0, 0.05) is 28.6 Å². The van der Waals surface area contributed by atoms with E-state index in [9.17, 15) is 10.1 Å². The summed E-state index contributed by atoms with van der Waals surface area (Å²) < 4.78 is 3.27. The van der Waals surface area contributed by atoms with Crippen molar-refractivity contribution in [3.05, 3.63) is 70.3 Å². The summed E-state index contributed by atoms with van der Waals surface area (Å²) in [5, 5.41) is 21.9. The Morgan fingerprint density at radius 3 is 2.70 bits per heavy atom. The normalized spacial score (nSPS) is 11.1. The number of benzene rings is 2. The maximum Gasteiger partial charge on any atom is 0.273 e. The maximum atomic E-state index is 11.2. The van der Waals surface area contributed by atoms with Crippen molar-refractivity contribution in [2.24, 2.45) is 0 Å². The molecule has 0 saturated heterocycles. The van der Waals surface area contributed by atoms with Gasteiger partial charge in [0.25, 0.3) is 5.69 Å². The zero-order valence-electron chi connectivity index (χ0n) is 14.5. The van der Waals surface area contributed by atoms with Gasteiger partial charge in [-0.2, -0.15) is 0 Å². The van der Waals surface area contributed by atoms with Gasteiger partial charge >= 0.3 is 0 Å². The van der Waals surface area contributed by atoms with E-state index in [2.05, 4.69) is 39.9 Å². The van der Waals surface area contributed by atoms with Crippen LogP contribution in [0.25, 0.3) is 20.8 Å². The summed E-state index contributed by atoms with van der Waals surface area (Å²) in [6.07, 6.45) is 0. The molecule has 0 amide bonds. The highest BCUT2D eigenvalue weighted by molar-refractivity contribution is 7.98. The first-order chi connectivity index (χ1) is 13.2. The SMILES string of the molecule is CCn1c(SCc2ccccc2[N+](=O)[O-])nnc1-c1cc2ccccc2s1. The summed E-state index contributed by atoms with van der Waals surface area (Å²) in [4.78, 5) is 11.9. The van der Waals surface area contributed by atoms with E-state index in [-0.39, 0.29) is 10.6 Å². The Kier molecular flexibility index (Phi) is 4.91. The largest absolute Gasteiger partial charge is 0.302 e. The zero-order chi connectivity index (χ0) is 18.8. The predicted molar refractivity (Wildman–Crippen MR) is 109 cm³/mol. The number of fused-ring (bicyclic) bond motifs is 1. The van der Waals surface area contributed by atoms with Gasteiger partial charge in [-0.1, -0.05) is 48.2 Å². The van der Waals surface area contributed by atoms with Crippen LogP contribution in [0.2, 0.25) is 0 Å². The van der Waals surface area contributed by atoms with E-state index >= 15 is 0 Å². The van der Waals surface area contributed by atoms with E-state index < -0.39 is 0 Å². The Balaban J connectivity index is 1.63. The third-order valence-electron chi connectivity index (χ3n) is 4.22. The van der Waals surface area contributed by atoms with Gasteiger partial charge in [-0.3, -0.25) is 10.1 Å². The zero-order valence-corrected chi connectivity index (χ0v) is 16.2. The van der Waals surface area contributed by atoms with Gasteiger partial charge in [0.05, 0.1) is 9.80 Å². The van der Waals surface area contributed by atoms with Gasteiger partial charge in [0.15, 0.2) is 11.0 Å². The molecule has 2 heterocycles. The van der Waals surface area contributed by atoms with Crippen LogP contribution in [0.3, 0.4) is 0 Å². The van der Waals surface area contributed by atoms with Crippen molar-refractivity contribution in [1.29, 1.82) is 0 Å². The molecule has 0 aliphatic carbocycles. The molecule has 4 aromatic rings. The van der Waals surface area contributed by atoms with Gasteiger partial charge in [0.1, 0.15) is 0 Å². The third-order valence-corrected chi connectivity index (χ3v) is 6.35. The van der Waals surface area contributed by atoms with Crippen LogP contribution in [0.5, 0.6) is 0 Å². The average Bonchev–Trinajstić information content (AvgIpc) is 3.29. The summed E-state index contributed by atoms with van der Waals surface area (Å²) in [6, 6.07) is 17.2. The monoisotopic (exact) mass is 396 g/mol. The molecule has 0 aliphatic heterocycles. The molecule has 2 aromatic carbocycles. The Labute approximate surface area is 164 Å². The number of nitro groups is 1. The van der Waals surface area contributed by atoms with Crippen LogP contribution < -0.4 is 0 Å². The summed E-state index contributed by atoms with van der Waals surface area (Å²) in [6.45, 7) is 2.78. The topological polar surface area (TPSA) is 73.8 Å². The van der Waals surface area contributed by atoms with E-state index in [1.165, 1.54) is 27.9 Å². The molecule has 0 bridgehead atoms. The summed E-state index contributed by atoms with van der Waals surface area (Å²) in [5.74, 6) is 1.31. The minimum atomic E-state index is -0.344. The van der Waals surface area contributed by atoms with Crippen LogP contribution in [0.15, 0.2) is 59.8 Å². The van der Waals surface area contributed by atoms with Gasteiger partial charge in [-0.15, -0.1) is 21.5 Å². The molecule has 4 rings (SSSR count). The molecule has 27 heavy (non-hydrogen) atoms. The molecule has 0 spiro atoms. The van der Waals surface area contributed by atoms with Crippen LogP contribution in [0.4, 0.5) is 5.69 Å². The van der Waals surface area contributed by atoms with Crippen LogP contribution in [0, 0.1) is 10.1 Å². The maximum absolute atomic E-state index is 11.2. The summed E-state index contributed by atoms with van der Waals surface area (Å²) in [7, 11) is 0. The Morgan fingerprint density at radius 1 is 1.15 bits per heavy atom. The number of nitrogens with zero attached hydrogens (tertiary/aromatic N) is 4. The van der Waals surface area contributed by atoms with Crippen LogP contribution in [0.1, 0.15) is 12.5 Å². The predicted octanol–water partition coefficient (Wildman–Crippen LogP) is 5.38. The minimum Gasteiger partial charge on any atom is -0.302 e. The molecule has 0 atom stereocenters. The molecular formula is C19H16N4O2S2. The standard InChI is InChI=1S/C19H16N4O2S2/c1-2-22-18(17-11-13-7-4-6-10-16(13)27-17)20-21-19(22)26-12-14-8-3-5-9-15(14)23(24)25/h3-11H,2,12H2,1H3. The van der Waals surface area contributed by atoms with Gasteiger partial charge < -0.3 is 4.57 Å². The highest BCUT2D eigenvalue weighted by Gasteiger charge is 2.18. The average molecular weight is 396 g/mol. The Hall–Kier alpha value is -2.71. The smallest absolute Gasteiger partial charge is 0.273 e. The summed E-state index contributed by atoms with van der Waals surface area (Å²) >= 11 is 3.16. The molecule has 0 unspecified atom stereocenters. The second-order valence-electron chi connectivity index (χ2n) is 5.87. The number of thiophene rings is 1. The molecule has 0 saturated carbocycles. The number of para-hydroxylation sites is 1. The van der Waals surface area contributed by atoms with Crippen LogP contribution in [-0.2, 0) is 12.3 Å². The Bertz CT molecular complexity index is 1090. The first kappa shape index (κ1) is 17.7. The molecule has 136 valence electrons. The fourth-order valence-corrected chi connectivity index (χ4v) is 4.96. The second-order valence-corrected chi connectivity index (χ2v) is 7.90. The first-order valence-corrected chi connectivity index (χ1v) is 10.2. The summed E-state index contributed by atoms with van der Waals surface area (Å²) in [5.41, 5.74) is 0.818. The molecular weight excluding hydrogens is 380 g/mol. The first-order valence-electron chi connectivity index (χ1n) is 8.44. The van der Waals surface area contributed by atoms with E-state index in [1.54, 1.807) is 23.5 Å². The number of thioether (sulfide) groups is 1. The highest BCUT2D eigenvalue weighted by Crippen LogP contribution is 2.35. The fraction of sp³-hybridized carbons (Fsp3) is 0.158. The van der Waals surface area contributed by atoms with E-state index in [0.29, 0.717) is 11.3 Å². The quantitative estimate of drug-likeness (QED) is 0.248. The molecule has 2 aromatic heterocycles. The number of hydrogen-bond acceptors (Lipinski definition) is 6. The lowest BCUT2D eigenvalue weighted by molar-refractivity contribution is -0.385. The number of rotatable bonds is 6.